The summed E-state index contributed by atoms with van der Waals surface area (Å²) in [4.78, 5) is 30.5. The fourth-order valence-electron chi connectivity index (χ4n) is 4.25. The van der Waals surface area contributed by atoms with Gasteiger partial charge in [-0.15, -0.1) is 0 Å². The van der Waals surface area contributed by atoms with Gasteiger partial charge in [0.15, 0.2) is 5.78 Å². The van der Waals surface area contributed by atoms with Crippen LogP contribution in [0.4, 0.5) is 4.39 Å². The Labute approximate surface area is 180 Å². The molecule has 160 valence electrons. The van der Waals surface area contributed by atoms with Gasteiger partial charge in [0.2, 0.25) is 0 Å². The first-order valence-corrected chi connectivity index (χ1v) is 10.5. The molecular formula is C25H24FNO4. The van der Waals surface area contributed by atoms with Gasteiger partial charge in [0.25, 0.3) is 0 Å². The van der Waals surface area contributed by atoms with Gasteiger partial charge in [0, 0.05) is 29.3 Å². The van der Waals surface area contributed by atoms with Gasteiger partial charge in [-0.3, -0.25) is 14.6 Å². The summed E-state index contributed by atoms with van der Waals surface area (Å²) in [6, 6.07) is 15.2. The molecule has 0 fully saturated rings. The van der Waals surface area contributed by atoms with E-state index in [1.165, 1.54) is 12.1 Å². The van der Waals surface area contributed by atoms with E-state index < -0.39 is 17.8 Å². The Morgan fingerprint density at radius 3 is 2.55 bits per heavy atom. The Bertz CT molecular complexity index is 1030. The molecular weight excluding hydrogens is 397 g/mol. The van der Waals surface area contributed by atoms with E-state index in [0.717, 1.165) is 12.1 Å². The summed E-state index contributed by atoms with van der Waals surface area (Å²) in [5.74, 6) is -1.40. The van der Waals surface area contributed by atoms with E-state index in [-0.39, 0.29) is 24.8 Å². The number of allylic oxidation sites excluding steroid dienone is 2. The van der Waals surface area contributed by atoms with E-state index in [1.807, 2.05) is 30.3 Å². The average Bonchev–Trinajstić information content (AvgIpc) is 2.77. The van der Waals surface area contributed by atoms with E-state index in [1.54, 1.807) is 19.1 Å². The average molecular weight is 421 g/mol. The molecule has 0 aromatic heterocycles. The number of ether oxygens (including phenoxy) is 2. The number of hydrogen-bond acceptors (Lipinski definition) is 5. The molecule has 0 spiro atoms. The number of aliphatic imine (C=N–C) groups is 1. The van der Waals surface area contributed by atoms with Crippen LogP contribution < -0.4 is 4.74 Å². The predicted molar refractivity (Wildman–Crippen MR) is 115 cm³/mol. The number of Topliss-reactive ketones (excluding diaryl/α,β-unsaturated/α-hetero) is 1. The Balaban J connectivity index is 1.54. The topological polar surface area (TPSA) is 65.0 Å². The standard InChI is InChI=1S/C25H24FNO4/c1-16-22(25(29)31-15-14-30-19-6-3-2-4-7-19)23(17-10-12-18(26)13-11-17)24-20(27-16)8-5-9-21(24)28/h2-4,6-7,10-13,22-23H,5,8-9,14-15H2,1H3/t22?,23-/m1/s1. The normalized spacial score (nSPS) is 20.7. The maximum Gasteiger partial charge on any atom is 0.315 e. The highest BCUT2D eigenvalue weighted by Crippen LogP contribution is 2.43. The second-order valence-electron chi connectivity index (χ2n) is 7.73. The quantitative estimate of drug-likeness (QED) is 0.504. The molecule has 6 heteroatoms. The van der Waals surface area contributed by atoms with Crippen LogP contribution in [0.2, 0.25) is 0 Å². The van der Waals surface area contributed by atoms with Crippen LogP contribution in [0.15, 0.2) is 70.9 Å². The highest BCUT2D eigenvalue weighted by molar-refractivity contribution is 6.08. The third-order valence-corrected chi connectivity index (χ3v) is 5.66. The molecule has 1 unspecified atom stereocenters. The highest BCUT2D eigenvalue weighted by atomic mass is 19.1. The number of hydrogen-bond donors (Lipinski definition) is 0. The molecule has 0 radical (unpaired) electrons. The van der Waals surface area contributed by atoms with Crippen LogP contribution in [0.3, 0.4) is 0 Å². The first-order valence-electron chi connectivity index (χ1n) is 10.5. The molecule has 0 amide bonds. The van der Waals surface area contributed by atoms with Crippen molar-refractivity contribution in [3.05, 3.63) is 77.2 Å². The SMILES string of the molecule is CC1=NC2=C(C(=O)CCC2)[C@H](c2ccc(F)cc2)C1C(=O)OCCOc1ccccc1. The van der Waals surface area contributed by atoms with Crippen molar-refractivity contribution in [1.82, 2.24) is 0 Å². The number of ketones is 1. The van der Waals surface area contributed by atoms with Crippen molar-refractivity contribution in [3.8, 4) is 5.75 Å². The maximum absolute atomic E-state index is 13.5. The minimum absolute atomic E-state index is 0.00274. The molecule has 2 aromatic rings. The number of esters is 1. The van der Waals surface area contributed by atoms with Crippen molar-refractivity contribution in [3.63, 3.8) is 0 Å². The van der Waals surface area contributed by atoms with Crippen LogP contribution in [0, 0.1) is 11.7 Å². The lowest BCUT2D eigenvalue weighted by Crippen LogP contribution is -2.37. The van der Waals surface area contributed by atoms with E-state index in [2.05, 4.69) is 4.99 Å². The fourth-order valence-corrected chi connectivity index (χ4v) is 4.25. The largest absolute Gasteiger partial charge is 0.490 e. The summed E-state index contributed by atoms with van der Waals surface area (Å²) < 4.78 is 24.6. The van der Waals surface area contributed by atoms with Gasteiger partial charge in [-0.1, -0.05) is 30.3 Å². The summed E-state index contributed by atoms with van der Waals surface area (Å²) in [6.07, 6.45) is 1.87. The minimum Gasteiger partial charge on any atom is -0.490 e. The molecule has 31 heavy (non-hydrogen) atoms. The lowest BCUT2D eigenvalue weighted by molar-refractivity contribution is -0.147. The van der Waals surface area contributed by atoms with Crippen molar-refractivity contribution in [2.24, 2.45) is 10.9 Å². The number of carbonyl (C=O) groups excluding carboxylic acids is 2. The fraction of sp³-hybridized carbons (Fsp3) is 0.320. The lowest BCUT2D eigenvalue weighted by atomic mass is 9.72. The van der Waals surface area contributed by atoms with Gasteiger partial charge >= 0.3 is 5.97 Å². The van der Waals surface area contributed by atoms with E-state index in [9.17, 15) is 14.0 Å². The summed E-state index contributed by atoms with van der Waals surface area (Å²) in [5.41, 5.74) is 2.61. The van der Waals surface area contributed by atoms with Gasteiger partial charge in [0.1, 0.15) is 30.7 Å². The second-order valence-corrected chi connectivity index (χ2v) is 7.73. The van der Waals surface area contributed by atoms with Crippen LogP contribution >= 0.6 is 0 Å². The first-order chi connectivity index (χ1) is 15.0. The van der Waals surface area contributed by atoms with Gasteiger partial charge in [-0.25, -0.2) is 4.39 Å². The third-order valence-electron chi connectivity index (χ3n) is 5.66. The highest BCUT2D eigenvalue weighted by Gasteiger charge is 2.43. The second kappa shape index (κ2) is 9.25. The molecule has 2 aromatic carbocycles. The molecule has 5 nitrogen and oxygen atoms in total. The van der Waals surface area contributed by atoms with Crippen molar-refractivity contribution in [2.45, 2.75) is 32.1 Å². The molecule has 0 N–H and O–H groups in total. The summed E-state index contributed by atoms with van der Waals surface area (Å²) in [5, 5.41) is 0. The Morgan fingerprint density at radius 2 is 1.81 bits per heavy atom. The van der Waals surface area contributed by atoms with Crippen LogP contribution in [0.25, 0.3) is 0 Å². The lowest BCUT2D eigenvalue weighted by Gasteiger charge is -2.34. The monoisotopic (exact) mass is 421 g/mol. The third kappa shape index (κ3) is 4.58. The van der Waals surface area contributed by atoms with Crippen LogP contribution in [-0.4, -0.2) is 30.7 Å². The summed E-state index contributed by atoms with van der Waals surface area (Å²) in [6.45, 7) is 2.08. The van der Waals surface area contributed by atoms with E-state index in [0.29, 0.717) is 35.4 Å². The Hall–Kier alpha value is -3.28. The molecule has 0 saturated carbocycles. The predicted octanol–water partition coefficient (Wildman–Crippen LogP) is 4.63. The Kier molecular flexibility index (Phi) is 6.26. The van der Waals surface area contributed by atoms with Crippen molar-refractivity contribution in [2.75, 3.05) is 13.2 Å². The van der Waals surface area contributed by atoms with Crippen LogP contribution in [0.1, 0.15) is 37.7 Å². The van der Waals surface area contributed by atoms with Gasteiger partial charge in [0.05, 0.1) is 0 Å². The number of carbonyl (C=O) groups is 2. The molecule has 0 saturated heterocycles. The molecule has 1 aliphatic heterocycles. The molecule has 2 atom stereocenters. The van der Waals surface area contributed by atoms with Crippen molar-refractivity contribution in [1.29, 1.82) is 0 Å². The molecule has 1 aliphatic carbocycles. The van der Waals surface area contributed by atoms with Crippen LogP contribution in [-0.2, 0) is 14.3 Å². The number of rotatable bonds is 6. The maximum atomic E-state index is 13.5. The summed E-state index contributed by atoms with van der Waals surface area (Å²) >= 11 is 0. The van der Waals surface area contributed by atoms with E-state index >= 15 is 0 Å². The number of benzene rings is 2. The van der Waals surface area contributed by atoms with Gasteiger partial charge in [-0.05, 0) is 49.6 Å². The van der Waals surface area contributed by atoms with Crippen molar-refractivity contribution < 1.29 is 23.5 Å². The molecule has 1 heterocycles. The zero-order valence-corrected chi connectivity index (χ0v) is 17.3. The first kappa shape index (κ1) is 21.0. The molecule has 2 aliphatic rings. The van der Waals surface area contributed by atoms with E-state index in [4.69, 9.17) is 9.47 Å². The molecule has 4 rings (SSSR count). The molecule has 0 bridgehead atoms. The van der Waals surface area contributed by atoms with Gasteiger partial charge < -0.3 is 9.47 Å². The van der Waals surface area contributed by atoms with Crippen molar-refractivity contribution >= 4 is 17.5 Å². The number of nitrogens with zero attached hydrogens (tertiary/aromatic N) is 1. The smallest absolute Gasteiger partial charge is 0.315 e. The zero-order chi connectivity index (χ0) is 21.8. The minimum atomic E-state index is -0.733. The zero-order valence-electron chi connectivity index (χ0n) is 17.3. The van der Waals surface area contributed by atoms with Crippen LogP contribution in [0.5, 0.6) is 5.75 Å². The Morgan fingerprint density at radius 1 is 1.06 bits per heavy atom. The number of para-hydroxylation sites is 1. The number of halogens is 1. The summed E-state index contributed by atoms with van der Waals surface area (Å²) in [7, 11) is 0. The van der Waals surface area contributed by atoms with Gasteiger partial charge in [-0.2, -0.15) is 0 Å².